The lowest BCUT2D eigenvalue weighted by Crippen LogP contribution is -2.37. The van der Waals surface area contributed by atoms with Gasteiger partial charge in [0.25, 0.3) is 5.91 Å². The number of carbonyl (C=O) groups excluding carboxylic acids is 1. The maximum atomic E-state index is 12.3. The molecule has 0 aliphatic rings. The smallest absolute Gasteiger partial charge is 0.308 e. The van der Waals surface area contributed by atoms with Crippen LogP contribution in [0.5, 0.6) is 0 Å². The molecule has 19 heavy (non-hydrogen) atoms. The average Bonchev–Trinajstić information content (AvgIpc) is 2.34. The van der Waals surface area contributed by atoms with Gasteiger partial charge in [-0.1, -0.05) is 36.2 Å². The number of hydrogen-bond donors (Lipinski definition) is 1. The first-order chi connectivity index (χ1) is 8.88. The molecule has 1 rings (SSSR count). The van der Waals surface area contributed by atoms with E-state index in [1.807, 2.05) is 0 Å². The number of amides is 1. The van der Waals surface area contributed by atoms with Crippen molar-refractivity contribution in [3.8, 4) is 0 Å². The van der Waals surface area contributed by atoms with Crippen molar-refractivity contribution in [1.29, 1.82) is 0 Å². The number of halogens is 2. The first-order valence-corrected chi connectivity index (χ1v) is 6.60. The fraction of sp³-hybridized carbons (Fsp3) is 0.385. The maximum Gasteiger partial charge on any atom is 0.308 e. The molecule has 104 valence electrons. The van der Waals surface area contributed by atoms with Crippen LogP contribution in [-0.4, -0.2) is 35.0 Å². The quantitative estimate of drug-likeness (QED) is 0.909. The van der Waals surface area contributed by atoms with Gasteiger partial charge in [-0.05, 0) is 19.1 Å². The molecule has 0 aliphatic heterocycles. The van der Waals surface area contributed by atoms with Crippen molar-refractivity contribution in [2.45, 2.75) is 13.8 Å². The molecule has 0 fully saturated rings. The van der Waals surface area contributed by atoms with Crippen LogP contribution in [0.2, 0.25) is 10.0 Å². The molecule has 0 spiro atoms. The number of rotatable bonds is 5. The Morgan fingerprint density at radius 1 is 1.32 bits per heavy atom. The van der Waals surface area contributed by atoms with Crippen molar-refractivity contribution >= 4 is 35.1 Å². The summed E-state index contributed by atoms with van der Waals surface area (Å²) in [5.74, 6) is -1.95. The number of carboxylic acids is 1. The molecule has 1 aromatic carbocycles. The third kappa shape index (κ3) is 3.85. The van der Waals surface area contributed by atoms with Crippen LogP contribution in [0.4, 0.5) is 0 Å². The van der Waals surface area contributed by atoms with Crippen molar-refractivity contribution < 1.29 is 14.7 Å². The van der Waals surface area contributed by atoms with Gasteiger partial charge in [-0.25, -0.2) is 0 Å². The molecule has 1 atom stereocenters. The number of aliphatic carboxylic acids is 1. The van der Waals surface area contributed by atoms with Crippen molar-refractivity contribution in [1.82, 2.24) is 4.90 Å². The predicted octanol–water partition coefficient (Wildman–Crippen LogP) is 3.18. The van der Waals surface area contributed by atoms with Crippen LogP contribution >= 0.6 is 23.2 Å². The summed E-state index contributed by atoms with van der Waals surface area (Å²) in [4.78, 5) is 24.6. The van der Waals surface area contributed by atoms with E-state index in [1.165, 1.54) is 4.90 Å². The van der Waals surface area contributed by atoms with Gasteiger partial charge in [-0.3, -0.25) is 9.59 Å². The molecule has 1 amide bonds. The van der Waals surface area contributed by atoms with Gasteiger partial charge in [0.2, 0.25) is 0 Å². The second-order valence-corrected chi connectivity index (χ2v) is 4.99. The van der Waals surface area contributed by atoms with E-state index in [2.05, 4.69) is 0 Å². The Kier molecular flexibility index (Phi) is 5.63. The molecule has 0 aliphatic carbocycles. The van der Waals surface area contributed by atoms with Gasteiger partial charge in [-0.2, -0.15) is 0 Å². The summed E-state index contributed by atoms with van der Waals surface area (Å²) in [5.41, 5.74) is 0.213. The van der Waals surface area contributed by atoms with Crippen LogP contribution in [0.1, 0.15) is 24.2 Å². The zero-order valence-electron chi connectivity index (χ0n) is 10.7. The predicted molar refractivity (Wildman–Crippen MR) is 74.8 cm³/mol. The Morgan fingerprint density at radius 3 is 2.26 bits per heavy atom. The first kappa shape index (κ1) is 15.8. The summed E-state index contributed by atoms with van der Waals surface area (Å²) in [6.07, 6.45) is 0. The second kappa shape index (κ2) is 6.78. The third-order valence-corrected chi connectivity index (χ3v) is 3.39. The van der Waals surface area contributed by atoms with Crippen molar-refractivity contribution in [3.05, 3.63) is 33.8 Å². The van der Waals surface area contributed by atoms with E-state index < -0.39 is 11.9 Å². The number of carboxylic acid groups (broad SMARTS) is 1. The van der Waals surface area contributed by atoms with Gasteiger partial charge in [0.1, 0.15) is 0 Å². The minimum atomic E-state index is -0.948. The highest BCUT2D eigenvalue weighted by Gasteiger charge is 2.23. The van der Waals surface area contributed by atoms with E-state index in [-0.39, 0.29) is 28.1 Å². The van der Waals surface area contributed by atoms with E-state index in [1.54, 1.807) is 32.0 Å². The van der Waals surface area contributed by atoms with Crippen LogP contribution < -0.4 is 0 Å². The Hall–Kier alpha value is -1.26. The lowest BCUT2D eigenvalue weighted by atomic mass is 10.1. The average molecular weight is 304 g/mol. The number of nitrogens with zero attached hydrogens (tertiary/aromatic N) is 1. The molecule has 4 nitrogen and oxygen atoms in total. The fourth-order valence-electron chi connectivity index (χ4n) is 1.62. The summed E-state index contributed by atoms with van der Waals surface area (Å²) in [7, 11) is 0. The SMILES string of the molecule is CCN(CC(C)C(=O)O)C(=O)c1c(Cl)cccc1Cl. The highest BCUT2D eigenvalue weighted by Crippen LogP contribution is 2.25. The van der Waals surface area contributed by atoms with E-state index in [4.69, 9.17) is 28.3 Å². The Labute approximate surface area is 121 Å². The topological polar surface area (TPSA) is 57.6 Å². The van der Waals surface area contributed by atoms with E-state index in [9.17, 15) is 9.59 Å². The molecular formula is C13H15Cl2NO3. The highest BCUT2D eigenvalue weighted by atomic mass is 35.5. The highest BCUT2D eigenvalue weighted by molar-refractivity contribution is 6.39. The van der Waals surface area contributed by atoms with Crippen molar-refractivity contribution in [2.24, 2.45) is 5.92 Å². The molecule has 0 aromatic heterocycles. The number of hydrogen-bond acceptors (Lipinski definition) is 2. The van der Waals surface area contributed by atoms with Crippen molar-refractivity contribution in [3.63, 3.8) is 0 Å². The Bertz CT molecular complexity index is 471. The Morgan fingerprint density at radius 2 is 1.84 bits per heavy atom. The third-order valence-electron chi connectivity index (χ3n) is 2.76. The van der Waals surface area contributed by atoms with Gasteiger partial charge in [-0.15, -0.1) is 0 Å². The molecule has 0 heterocycles. The molecule has 0 bridgehead atoms. The number of benzene rings is 1. The molecule has 1 unspecified atom stereocenters. The van der Waals surface area contributed by atoms with Crippen LogP contribution in [-0.2, 0) is 4.79 Å². The van der Waals surface area contributed by atoms with E-state index in [0.29, 0.717) is 6.54 Å². The largest absolute Gasteiger partial charge is 0.481 e. The van der Waals surface area contributed by atoms with E-state index >= 15 is 0 Å². The van der Waals surface area contributed by atoms with Gasteiger partial charge in [0.15, 0.2) is 0 Å². The first-order valence-electron chi connectivity index (χ1n) is 5.84. The molecule has 1 N–H and O–H groups in total. The minimum absolute atomic E-state index is 0.117. The van der Waals surface area contributed by atoms with E-state index in [0.717, 1.165) is 0 Å². The second-order valence-electron chi connectivity index (χ2n) is 4.18. The minimum Gasteiger partial charge on any atom is -0.481 e. The lowest BCUT2D eigenvalue weighted by molar-refractivity contribution is -0.141. The summed E-state index contributed by atoms with van der Waals surface area (Å²) >= 11 is 12.0. The van der Waals surface area contributed by atoms with Gasteiger partial charge >= 0.3 is 5.97 Å². The van der Waals surface area contributed by atoms with Gasteiger partial charge in [0, 0.05) is 13.1 Å². The van der Waals surface area contributed by atoms with Gasteiger partial charge in [0.05, 0.1) is 21.5 Å². The summed E-state index contributed by atoms with van der Waals surface area (Å²) < 4.78 is 0. The summed E-state index contributed by atoms with van der Waals surface area (Å²) in [6, 6.07) is 4.81. The van der Waals surface area contributed by atoms with Crippen LogP contribution in [0.25, 0.3) is 0 Å². The summed E-state index contributed by atoms with van der Waals surface area (Å²) in [5, 5.41) is 9.42. The number of carbonyl (C=O) groups is 2. The van der Waals surface area contributed by atoms with Crippen LogP contribution in [0, 0.1) is 5.92 Å². The van der Waals surface area contributed by atoms with Gasteiger partial charge < -0.3 is 10.0 Å². The van der Waals surface area contributed by atoms with Crippen LogP contribution in [0.15, 0.2) is 18.2 Å². The summed E-state index contributed by atoms with van der Waals surface area (Å²) in [6.45, 7) is 3.83. The molecule has 0 saturated heterocycles. The van der Waals surface area contributed by atoms with Crippen molar-refractivity contribution in [2.75, 3.05) is 13.1 Å². The monoisotopic (exact) mass is 303 g/mol. The standard InChI is InChI=1S/C13H15Cl2NO3/c1-3-16(7-8(2)13(18)19)12(17)11-9(14)5-4-6-10(11)15/h4-6,8H,3,7H2,1-2H3,(H,18,19). The molecule has 1 aromatic rings. The zero-order valence-corrected chi connectivity index (χ0v) is 12.2. The Balaban J connectivity index is 2.99. The maximum absolute atomic E-state index is 12.3. The lowest BCUT2D eigenvalue weighted by Gasteiger charge is -2.23. The fourth-order valence-corrected chi connectivity index (χ4v) is 2.18. The zero-order chi connectivity index (χ0) is 14.6. The molecule has 0 radical (unpaired) electrons. The van der Waals surface area contributed by atoms with Crippen LogP contribution in [0.3, 0.4) is 0 Å². The molecular weight excluding hydrogens is 289 g/mol. The normalized spacial score (nSPS) is 12.0. The molecule has 6 heteroatoms. The molecule has 0 saturated carbocycles.